The molecule has 4 heterocycles. The van der Waals surface area contributed by atoms with Crippen LogP contribution in [0.5, 0.6) is 0 Å². The molecular formula is C16H14N6O4S. The molecule has 0 aliphatic heterocycles. The molecule has 27 heavy (non-hydrogen) atoms. The second-order valence-corrected chi connectivity index (χ2v) is 6.69. The predicted octanol–water partition coefficient (Wildman–Crippen LogP) is 1.55. The number of carbonyl (C=O) groups excluding carboxylic acids is 1. The van der Waals surface area contributed by atoms with Crippen molar-refractivity contribution in [3.63, 3.8) is 0 Å². The molecule has 4 aromatic heterocycles. The lowest BCUT2D eigenvalue weighted by molar-refractivity contribution is -0.150. The van der Waals surface area contributed by atoms with Crippen molar-refractivity contribution in [1.82, 2.24) is 29.5 Å². The minimum Gasteiger partial charge on any atom is -0.451 e. The third-order valence-corrected chi connectivity index (χ3v) is 4.70. The Kier molecular flexibility index (Phi) is 4.28. The average molecular weight is 386 g/mol. The van der Waals surface area contributed by atoms with Gasteiger partial charge in [0.25, 0.3) is 17.3 Å². The van der Waals surface area contributed by atoms with Crippen LogP contribution in [0.15, 0.2) is 39.2 Å². The summed E-state index contributed by atoms with van der Waals surface area (Å²) in [6.07, 6.45) is 1.96. The van der Waals surface area contributed by atoms with E-state index in [0.717, 1.165) is 4.88 Å². The number of hydrogen-bond acceptors (Lipinski definition) is 9. The van der Waals surface area contributed by atoms with Crippen LogP contribution in [-0.2, 0) is 23.1 Å². The van der Waals surface area contributed by atoms with E-state index in [4.69, 9.17) is 9.15 Å². The summed E-state index contributed by atoms with van der Waals surface area (Å²) in [5, 5.41) is 14.1. The van der Waals surface area contributed by atoms with Gasteiger partial charge in [-0.15, -0.1) is 21.5 Å². The molecule has 1 atom stereocenters. The summed E-state index contributed by atoms with van der Waals surface area (Å²) >= 11 is 1.47. The molecule has 0 fully saturated rings. The molecule has 1 unspecified atom stereocenters. The Morgan fingerprint density at radius 2 is 2.26 bits per heavy atom. The highest BCUT2D eigenvalue weighted by atomic mass is 32.1. The first kappa shape index (κ1) is 17.1. The van der Waals surface area contributed by atoms with E-state index in [0.29, 0.717) is 16.9 Å². The second-order valence-electron chi connectivity index (χ2n) is 5.74. The molecule has 0 aliphatic rings. The van der Waals surface area contributed by atoms with Crippen LogP contribution in [0.3, 0.4) is 0 Å². The maximum Gasteiger partial charge on any atom is 0.326 e. The summed E-state index contributed by atoms with van der Waals surface area (Å²) < 4.78 is 13.5. The van der Waals surface area contributed by atoms with Gasteiger partial charge in [0, 0.05) is 7.05 Å². The number of thiophene rings is 1. The van der Waals surface area contributed by atoms with Gasteiger partial charge in [0.2, 0.25) is 0 Å². The number of rotatable bonds is 5. The first-order valence-electron chi connectivity index (χ1n) is 7.97. The van der Waals surface area contributed by atoms with E-state index in [1.807, 2.05) is 17.5 Å². The van der Waals surface area contributed by atoms with Gasteiger partial charge in [-0.2, -0.15) is 5.10 Å². The molecule has 0 N–H and O–H groups in total. The Labute approximate surface area is 156 Å². The highest BCUT2D eigenvalue weighted by Crippen LogP contribution is 2.25. The molecule has 0 aliphatic carbocycles. The van der Waals surface area contributed by atoms with Crippen LogP contribution in [0.4, 0.5) is 0 Å². The first-order valence-corrected chi connectivity index (χ1v) is 8.85. The van der Waals surface area contributed by atoms with Gasteiger partial charge in [-0.05, 0) is 18.4 Å². The summed E-state index contributed by atoms with van der Waals surface area (Å²) in [5.74, 6) is -0.0733. The zero-order valence-corrected chi connectivity index (χ0v) is 15.2. The zero-order chi connectivity index (χ0) is 19.0. The molecule has 10 nitrogen and oxygen atoms in total. The molecule has 138 valence electrons. The Morgan fingerprint density at radius 3 is 3.04 bits per heavy atom. The Balaban J connectivity index is 1.46. The van der Waals surface area contributed by atoms with Crippen LogP contribution in [0.25, 0.3) is 21.8 Å². The third kappa shape index (κ3) is 3.24. The Morgan fingerprint density at radius 1 is 1.41 bits per heavy atom. The monoisotopic (exact) mass is 386 g/mol. The predicted molar refractivity (Wildman–Crippen MR) is 94.9 cm³/mol. The summed E-state index contributed by atoms with van der Waals surface area (Å²) in [4.78, 5) is 29.6. The van der Waals surface area contributed by atoms with Gasteiger partial charge < -0.3 is 9.15 Å². The van der Waals surface area contributed by atoms with Crippen molar-refractivity contribution in [2.75, 3.05) is 0 Å². The van der Waals surface area contributed by atoms with Crippen LogP contribution >= 0.6 is 11.3 Å². The lowest BCUT2D eigenvalue weighted by atomic mass is 10.4. The minimum atomic E-state index is -0.746. The van der Waals surface area contributed by atoms with Gasteiger partial charge in [-0.1, -0.05) is 6.07 Å². The van der Waals surface area contributed by atoms with Crippen molar-refractivity contribution in [3.05, 3.63) is 46.3 Å². The van der Waals surface area contributed by atoms with Crippen LogP contribution in [0, 0.1) is 0 Å². The van der Waals surface area contributed by atoms with E-state index in [9.17, 15) is 9.59 Å². The van der Waals surface area contributed by atoms with Crippen molar-refractivity contribution in [2.45, 2.75) is 19.6 Å². The quantitative estimate of drug-likeness (QED) is 0.474. The number of carbonyl (C=O) groups is 1. The topological polar surface area (TPSA) is 118 Å². The third-order valence-electron chi connectivity index (χ3n) is 3.85. The SMILES string of the molecule is CC(OC(=O)Cn1cnc2c(cnn2C)c1=O)c1nnc(-c2cccs2)o1. The van der Waals surface area contributed by atoms with Crippen molar-refractivity contribution >= 4 is 28.3 Å². The summed E-state index contributed by atoms with van der Waals surface area (Å²) in [6.45, 7) is 1.34. The van der Waals surface area contributed by atoms with Gasteiger partial charge in [0.1, 0.15) is 18.3 Å². The molecule has 4 rings (SSSR count). The molecule has 4 aromatic rings. The van der Waals surface area contributed by atoms with Crippen molar-refractivity contribution in [3.8, 4) is 10.8 Å². The van der Waals surface area contributed by atoms with Crippen molar-refractivity contribution < 1.29 is 13.9 Å². The fraction of sp³-hybridized carbons (Fsp3) is 0.250. The number of fused-ring (bicyclic) bond motifs is 1. The number of aromatic nitrogens is 6. The molecule has 0 saturated heterocycles. The maximum atomic E-state index is 12.4. The number of hydrogen-bond donors (Lipinski definition) is 0. The minimum absolute atomic E-state index is 0.180. The van der Waals surface area contributed by atoms with Gasteiger partial charge in [-0.3, -0.25) is 18.8 Å². The molecule has 11 heteroatoms. The fourth-order valence-corrected chi connectivity index (χ4v) is 3.15. The molecule has 0 spiro atoms. The molecule has 0 saturated carbocycles. The first-order chi connectivity index (χ1) is 13.0. The summed E-state index contributed by atoms with van der Waals surface area (Å²) in [6, 6.07) is 3.73. The largest absolute Gasteiger partial charge is 0.451 e. The molecule has 0 aromatic carbocycles. The Bertz CT molecular complexity index is 1160. The number of ether oxygens (including phenoxy) is 1. The number of nitrogens with zero attached hydrogens (tertiary/aromatic N) is 6. The lowest BCUT2D eigenvalue weighted by Gasteiger charge is -2.10. The molecule has 0 bridgehead atoms. The van der Waals surface area contributed by atoms with Gasteiger partial charge in [0.05, 0.1) is 11.1 Å². The maximum absolute atomic E-state index is 12.4. The normalized spacial score (nSPS) is 12.4. The highest BCUT2D eigenvalue weighted by Gasteiger charge is 2.20. The van der Waals surface area contributed by atoms with E-state index in [-0.39, 0.29) is 18.0 Å². The van der Waals surface area contributed by atoms with Crippen LogP contribution in [0.2, 0.25) is 0 Å². The number of esters is 1. The van der Waals surface area contributed by atoms with E-state index < -0.39 is 12.1 Å². The zero-order valence-electron chi connectivity index (χ0n) is 14.4. The average Bonchev–Trinajstić information content (AvgIpc) is 3.37. The molecule has 0 radical (unpaired) electrons. The Hall–Kier alpha value is -3.34. The van der Waals surface area contributed by atoms with Crippen molar-refractivity contribution in [1.29, 1.82) is 0 Å². The molecular weight excluding hydrogens is 372 g/mol. The summed E-state index contributed by atoms with van der Waals surface area (Å²) in [7, 11) is 1.68. The lowest BCUT2D eigenvalue weighted by Crippen LogP contribution is -2.26. The van der Waals surface area contributed by atoms with Crippen LogP contribution < -0.4 is 5.56 Å². The van der Waals surface area contributed by atoms with E-state index in [1.54, 1.807) is 14.0 Å². The standard InChI is InChI=1S/C16H14N6O4S/c1-9(14-19-20-15(26-14)11-4-3-5-27-11)25-12(23)7-22-8-17-13-10(16(22)24)6-18-21(13)2/h3-6,8-9H,7H2,1-2H3. The number of aryl methyl sites for hydroxylation is 1. The van der Waals surface area contributed by atoms with E-state index in [1.165, 1.54) is 33.1 Å². The van der Waals surface area contributed by atoms with Gasteiger partial charge in [0.15, 0.2) is 11.8 Å². The van der Waals surface area contributed by atoms with Crippen LogP contribution in [0.1, 0.15) is 18.9 Å². The smallest absolute Gasteiger partial charge is 0.326 e. The van der Waals surface area contributed by atoms with E-state index >= 15 is 0 Å². The van der Waals surface area contributed by atoms with Crippen LogP contribution in [-0.4, -0.2) is 35.5 Å². The van der Waals surface area contributed by atoms with Gasteiger partial charge in [-0.25, -0.2) is 4.98 Å². The van der Waals surface area contributed by atoms with Gasteiger partial charge >= 0.3 is 5.97 Å². The fourth-order valence-electron chi connectivity index (χ4n) is 2.50. The summed E-state index contributed by atoms with van der Waals surface area (Å²) in [5.41, 5.74) is 0.0837. The van der Waals surface area contributed by atoms with E-state index in [2.05, 4.69) is 20.3 Å². The molecule has 0 amide bonds. The highest BCUT2D eigenvalue weighted by molar-refractivity contribution is 7.13. The second kappa shape index (κ2) is 6.76. The van der Waals surface area contributed by atoms with Crippen molar-refractivity contribution in [2.24, 2.45) is 7.05 Å².